The highest BCUT2D eigenvalue weighted by Gasteiger charge is 2.31. The van der Waals surface area contributed by atoms with Gasteiger partial charge in [0.25, 0.3) is 5.91 Å². The Bertz CT molecular complexity index is 1000. The number of carbonyl (C=O) groups is 1. The van der Waals surface area contributed by atoms with Crippen molar-refractivity contribution in [2.75, 3.05) is 26.3 Å². The molecule has 0 aliphatic carbocycles. The zero-order chi connectivity index (χ0) is 20.4. The topological polar surface area (TPSA) is 84.9 Å². The second-order valence-electron chi connectivity index (χ2n) is 7.09. The van der Waals surface area contributed by atoms with E-state index in [1.165, 1.54) is 12.1 Å². The lowest BCUT2D eigenvalue weighted by Crippen LogP contribution is -2.30. The molecule has 2 heterocycles. The van der Waals surface area contributed by atoms with Crippen molar-refractivity contribution in [2.45, 2.75) is 30.7 Å². The van der Waals surface area contributed by atoms with Crippen LogP contribution >= 0.6 is 0 Å². The number of rotatable bonds is 5. The van der Waals surface area contributed by atoms with Gasteiger partial charge in [-0.05, 0) is 54.8 Å². The molecule has 1 fully saturated rings. The van der Waals surface area contributed by atoms with Gasteiger partial charge in [-0.3, -0.25) is 4.79 Å². The van der Waals surface area contributed by atoms with E-state index in [2.05, 4.69) is 4.72 Å². The maximum Gasteiger partial charge on any atom is 0.254 e. The van der Waals surface area contributed by atoms with Crippen molar-refractivity contribution in [3.8, 4) is 11.5 Å². The molecule has 0 unspecified atom stereocenters. The predicted molar refractivity (Wildman–Crippen MR) is 108 cm³/mol. The van der Waals surface area contributed by atoms with Crippen LogP contribution in [0.25, 0.3) is 0 Å². The zero-order valence-corrected chi connectivity index (χ0v) is 17.1. The summed E-state index contributed by atoms with van der Waals surface area (Å²) in [5.74, 6) is 1.34. The minimum absolute atomic E-state index is 0.0384. The monoisotopic (exact) mass is 416 g/mol. The first-order valence-corrected chi connectivity index (χ1v) is 11.3. The van der Waals surface area contributed by atoms with Gasteiger partial charge in [-0.25, -0.2) is 13.1 Å². The van der Waals surface area contributed by atoms with Crippen LogP contribution in [-0.2, 0) is 10.0 Å². The number of nitrogens with zero attached hydrogens (tertiary/aromatic N) is 1. The van der Waals surface area contributed by atoms with E-state index in [1.807, 2.05) is 23.1 Å². The molecule has 2 aliphatic rings. The number of nitrogens with one attached hydrogen (secondary N) is 1. The van der Waals surface area contributed by atoms with Crippen molar-refractivity contribution in [3.05, 3.63) is 53.6 Å². The molecule has 154 valence electrons. The van der Waals surface area contributed by atoms with Crippen molar-refractivity contribution in [2.24, 2.45) is 0 Å². The average Bonchev–Trinajstić information content (AvgIpc) is 3.23. The second kappa shape index (κ2) is 8.04. The maximum atomic E-state index is 13.1. The molecule has 7 nitrogen and oxygen atoms in total. The Morgan fingerprint density at radius 2 is 1.83 bits per heavy atom. The molecule has 2 aliphatic heterocycles. The van der Waals surface area contributed by atoms with Gasteiger partial charge in [-0.1, -0.05) is 13.0 Å². The molecular formula is C21H24N2O5S. The first kappa shape index (κ1) is 19.7. The molecule has 0 radical (unpaired) electrons. The Labute approximate surface area is 170 Å². The molecule has 1 amide bonds. The first-order valence-electron chi connectivity index (χ1n) is 9.80. The molecule has 2 aromatic rings. The standard InChI is InChI=1S/C21H24N2O5S/c1-2-22-29(25,26)17-8-5-15(6-9-17)21(24)23-11-3-4-18(23)16-7-10-19-20(14-16)28-13-12-27-19/h5-10,14,18,22H,2-4,11-13H2,1H3/t18-/m0/s1. The van der Waals surface area contributed by atoms with Gasteiger partial charge in [-0.15, -0.1) is 0 Å². The number of carbonyl (C=O) groups excluding carboxylic acids is 1. The Kier molecular flexibility index (Phi) is 5.47. The summed E-state index contributed by atoms with van der Waals surface area (Å²) in [5, 5.41) is 0. The molecule has 29 heavy (non-hydrogen) atoms. The number of fused-ring (bicyclic) bond motifs is 1. The molecule has 0 aromatic heterocycles. The molecule has 1 N–H and O–H groups in total. The van der Waals surface area contributed by atoms with E-state index in [9.17, 15) is 13.2 Å². The molecule has 2 aromatic carbocycles. The second-order valence-corrected chi connectivity index (χ2v) is 8.85. The average molecular weight is 416 g/mol. The molecule has 1 atom stereocenters. The van der Waals surface area contributed by atoms with Gasteiger partial charge in [0.15, 0.2) is 11.5 Å². The van der Waals surface area contributed by atoms with Crippen LogP contribution < -0.4 is 14.2 Å². The van der Waals surface area contributed by atoms with E-state index in [0.29, 0.717) is 37.6 Å². The summed E-state index contributed by atoms with van der Waals surface area (Å²) in [7, 11) is -3.54. The van der Waals surface area contributed by atoms with E-state index < -0.39 is 10.0 Å². The van der Waals surface area contributed by atoms with E-state index in [4.69, 9.17) is 9.47 Å². The summed E-state index contributed by atoms with van der Waals surface area (Å²) < 4.78 is 37.9. The van der Waals surface area contributed by atoms with Gasteiger partial charge in [-0.2, -0.15) is 0 Å². The highest BCUT2D eigenvalue weighted by Crippen LogP contribution is 2.38. The van der Waals surface area contributed by atoms with Crippen LogP contribution in [-0.4, -0.2) is 45.5 Å². The third kappa shape index (κ3) is 3.95. The van der Waals surface area contributed by atoms with E-state index in [-0.39, 0.29) is 16.8 Å². The van der Waals surface area contributed by atoms with Crippen LogP contribution in [0.5, 0.6) is 11.5 Å². The van der Waals surface area contributed by atoms with Crippen LogP contribution in [0.1, 0.15) is 41.7 Å². The number of likely N-dealkylation sites (tertiary alicyclic amines) is 1. The van der Waals surface area contributed by atoms with Crippen molar-refractivity contribution >= 4 is 15.9 Å². The fourth-order valence-electron chi connectivity index (χ4n) is 3.84. The Morgan fingerprint density at radius 1 is 1.10 bits per heavy atom. The van der Waals surface area contributed by atoms with Crippen LogP contribution in [0.15, 0.2) is 47.4 Å². The molecule has 0 bridgehead atoms. The Balaban J connectivity index is 1.55. The van der Waals surface area contributed by atoms with Gasteiger partial charge in [0.2, 0.25) is 10.0 Å². The minimum atomic E-state index is -3.54. The number of benzene rings is 2. The van der Waals surface area contributed by atoms with E-state index >= 15 is 0 Å². The van der Waals surface area contributed by atoms with Crippen molar-refractivity contribution in [1.82, 2.24) is 9.62 Å². The number of ether oxygens (including phenoxy) is 2. The summed E-state index contributed by atoms with van der Waals surface area (Å²) in [6.07, 6.45) is 1.79. The number of hydrogen-bond acceptors (Lipinski definition) is 5. The summed E-state index contributed by atoms with van der Waals surface area (Å²) >= 11 is 0. The highest BCUT2D eigenvalue weighted by atomic mass is 32.2. The number of amides is 1. The first-order chi connectivity index (χ1) is 14.0. The minimum Gasteiger partial charge on any atom is -0.486 e. The molecule has 8 heteroatoms. The third-order valence-electron chi connectivity index (χ3n) is 5.21. The van der Waals surface area contributed by atoms with Crippen LogP contribution in [0.4, 0.5) is 0 Å². The fraction of sp³-hybridized carbons (Fsp3) is 0.381. The largest absolute Gasteiger partial charge is 0.486 e. The molecule has 0 spiro atoms. The van der Waals surface area contributed by atoms with Crippen molar-refractivity contribution in [3.63, 3.8) is 0 Å². The van der Waals surface area contributed by atoms with Crippen molar-refractivity contribution in [1.29, 1.82) is 0 Å². The Hall–Kier alpha value is -2.58. The van der Waals surface area contributed by atoms with E-state index in [1.54, 1.807) is 19.1 Å². The lowest BCUT2D eigenvalue weighted by Gasteiger charge is -2.27. The highest BCUT2D eigenvalue weighted by molar-refractivity contribution is 7.89. The SMILES string of the molecule is CCNS(=O)(=O)c1ccc(C(=O)N2CCC[C@H]2c2ccc3c(c2)OCCO3)cc1. The van der Waals surface area contributed by atoms with Gasteiger partial charge in [0.05, 0.1) is 10.9 Å². The molecule has 0 saturated carbocycles. The predicted octanol–water partition coefficient (Wildman–Crippen LogP) is 2.73. The third-order valence-corrected chi connectivity index (χ3v) is 6.77. The summed E-state index contributed by atoms with van der Waals surface area (Å²) in [4.78, 5) is 15.1. The molecular weight excluding hydrogens is 392 g/mol. The van der Waals surface area contributed by atoms with Crippen LogP contribution in [0, 0.1) is 0 Å². The molecule has 4 rings (SSSR count). The summed E-state index contributed by atoms with van der Waals surface area (Å²) in [6.45, 7) is 3.76. The lowest BCUT2D eigenvalue weighted by atomic mass is 10.0. The normalized spacial score (nSPS) is 18.7. The van der Waals surface area contributed by atoms with Gasteiger partial charge < -0.3 is 14.4 Å². The van der Waals surface area contributed by atoms with Crippen LogP contribution in [0.3, 0.4) is 0 Å². The number of sulfonamides is 1. The smallest absolute Gasteiger partial charge is 0.254 e. The lowest BCUT2D eigenvalue weighted by molar-refractivity contribution is 0.0735. The Morgan fingerprint density at radius 3 is 2.55 bits per heavy atom. The zero-order valence-electron chi connectivity index (χ0n) is 16.3. The van der Waals surface area contributed by atoms with Gasteiger partial charge in [0.1, 0.15) is 13.2 Å². The fourth-order valence-corrected chi connectivity index (χ4v) is 4.88. The summed E-state index contributed by atoms with van der Waals surface area (Å²) in [6, 6.07) is 11.9. The molecule has 1 saturated heterocycles. The number of hydrogen-bond donors (Lipinski definition) is 1. The maximum absolute atomic E-state index is 13.1. The van der Waals surface area contributed by atoms with E-state index in [0.717, 1.165) is 24.2 Å². The van der Waals surface area contributed by atoms with Crippen molar-refractivity contribution < 1.29 is 22.7 Å². The van der Waals surface area contributed by atoms with Gasteiger partial charge >= 0.3 is 0 Å². The van der Waals surface area contributed by atoms with Crippen LogP contribution in [0.2, 0.25) is 0 Å². The quantitative estimate of drug-likeness (QED) is 0.810. The summed E-state index contributed by atoms with van der Waals surface area (Å²) in [5.41, 5.74) is 1.50. The van der Waals surface area contributed by atoms with Gasteiger partial charge in [0, 0.05) is 18.7 Å².